The lowest BCUT2D eigenvalue weighted by molar-refractivity contribution is -0.160. The highest BCUT2D eigenvalue weighted by Gasteiger charge is 2.57. The minimum Gasteiger partial charge on any atom is -0.459 e. The van der Waals surface area contributed by atoms with Gasteiger partial charge in [-0.25, -0.2) is 13.6 Å². The van der Waals surface area contributed by atoms with Crippen LogP contribution < -0.4 is 5.32 Å². The molecule has 1 saturated heterocycles. The molecule has 34 heavy (non-hydrogen) atoms. The summed E-state index contributed by atoms with van der Waals surface area (Å²) in [5.41, 5.74) is -2.32. The first-order valence-corrected chi connectivity index (χ1v) is 12.6. The second-order valence-electron chi connectivity index (χ2n) is 9.34. The summed E-state index contributed by atoms with van der Waals surface area (Å²) in [5, 5.41) is 2.25. The number of esters is 1. The summed E-state index contributed by atoms with van der Waals surface area (Å²) in [4.78, 5) is 26.2. The van der Waals surface area contributed by atoms with E-state index in [0.717, 1.165) is 0 Å². The molecule has 1 aromatic carbocycles. The predicted molar refractivity (Wildman–Crippen MR) is 120 cm³/mol. The molecule has 9 nitrogen and oxygen atoms in total. The molecular weight excluding hydrogens is 474 g/mol. The zero-order chi connectivity index (χ0) is 25.6. The van der Waals surface area contributed by atoms with E-state index in [1.807, 2.05) is 0 Å². The van der Waals surface area contributed by atoms with Crippen molar-refractivity contribution in [3.05, 3.63) is 35.9 Å². The maximum absolute atomic E-state index is 15.4. The molecule has 192 valence electrons. The van der Waals surface area contributed by atoms with Crippen molar-refractivity contribution in [2.24, 2.45) is 0 Å². The number of carbonyl (C=O) groups is 2. The summed E-state index contributed by atoms with van der Waals surface area (Å²) >= 11 is 0. The van der Waals surface area contributed by atoms with Gasteiger partial charge in [0.2, 0.25) is 0 Å². The zero-order valence-corrected chi connectivity index (χ0v) is 20.6. The Balaban J connectivity index is 2.20. The van der Waals surface area contributed by atoms with Gasteiger partial charge in [-0.3, -0.25) is 13.9 Å². The highest BCUT2D eigenvalue weighted by molar-refractivity contribution is 7.85. The van der Waals surface area contributed by atoms with Crippen molar-refractivity contribution in [3.8, 4) is 0 Å². The third-order valence-corrected chi connectivity index (χ3v) is 5.60. The van der Waals surface area contributed by atoms with E-state index in [-0.39, 0.29) is 26.0 Å². The van der Waals surface area contributed by atoms with E-state index < -0.39 is 52.4 Å². The van der Waals surface area contributed by atoms with Crippen LogP contribution >= 0.6 is 0 Å². The predicted octanol–water partition coefficient (Wildman–Crippen LogP) is 2.70. The lowest BCUT2D eigenvalue weighted by atomic mass is 9.83. The molecule has 1 fully saturated rings. The minimum atomic E-state index is -4.16. The number of ether oxygens (including phenoxy) is 2. The van der Waals surface area contributed by atoms with Crippen molar-refractivity contribution in [2.75, 3.05) is 32.5 Å². The van der Waals surface area contributed by atoms with Gasteiger partial charge in [-0.2, -0.15) is 8.42 Å². The first kappa shape index (κ1) is 27.9. The maximum atomic E-state index is 15.4. The Morgan fingerprint density at radius 1 is 1.18 bits per heavy atom. The largest absolute Gasteiger partial charge is 0.459 e. The van der Waals surface area contributed by atoms with Crippen molar-refractivity contribution >= 4 is 22.2 Å². The van der Waals surface area contributed by atoms with Crippen LogP contribution in [0.3, 0.4) is 0 Å². The Morgan fingerprint density at radius 2 is 1.82 bits per heavy atom. The van der Waals surface area contributed by atoms with E-state index in [1.54, 1.807) is 51.1 Å². The topological polar surface area (TPSA) is 111 Å². The molecule has 2 rings (SSSR count). The van der Waals surface area contributed by atoms with Gasteiger partial charge in [0.05, 0.1) is 12.8 Å². The van der Waals surface area contributed by atoms with Crippen LogP contribution in [0.2, 0.25) is 0 Å². The van der Waals surface area contributed by atoms with E-state index >= 15 is 8.78 Å². The van der Waals surface area contributed by atoms with Crippen LogP contribution in [-0.4, -0.2) is 74.9 Å². The fourth-order valence-electron chi connectivity index (χ4n) is 3.60. The molecule has 1 amide bonds. The lowest BCUT2D eigenvalue weighted by Gasteiger charge is -2.46. The van der Waals surface area contributed by atoms with Crippen LogP contribution in [0.1, 0.15) is 39.2 Å². The first-order chi connectivity index (χ1) is 15.6. The number of hydrogen-bond acceptors (Lipinski definition) is 8. The van der Waals surface area contributed by atoms with E-state index in [0.29, 0.717) is 18.4 Å². The average Bonchev–Trinajstić information content (AvgIpc) is 2.70. The number of amides is 1. The molecule has 1 aromatic rings. The molecule has 0 aliphatic carbocycles. The van der Waals surface area contributed by atoms with Crippen LogP contribution in [0.15, 0.2) is 30.3 Å². The molecule has 1 atom stereocenters. The number of piperidine rings is 1. The molecule has 12 heteroatoms. The molecule has 1 N–H and O–H groups in total. The van der Waals surface area contributed by atoms with E-state index in [4.69, 9.17) is 9.47 Å². The number of rotatable bonds is 9. The zero-order valence-electron chi connectivity index (χ0n) is 19.8. The van der Waals surface area contributed by atoms with Gasteiger partial charge >= 0.3 is 12.1 Å². The van der Waals surface area contributed by atoms with Crippen molar-refractivity contribution in [3.63, 3.8) is 0 Å². The fraction of sp³-hybridized carbons (Fsp3) is 0.636. The standard InChI is InChI=1S/C22H32F2N2O7S/c1-20(2,3)33-18(27)13-26-12-8-11-21(15-26,22(23,24)16-32-34(4,29)30)25-19(28)31-14-17-9-6-5-7-10-17/h5-7,9-10H,8,11-16H2,1-4H3,(H,25,28). The normalized spacial score (nSPS) is 19.9. The number of hydrogen-bond donors (Lipinski definition) is 1. The van der Waals surface area contributed by atoms with Crippen LogP contribution in [0.4, 0.5) is 13.6 Å². The summed E-state index contributed by atoms with van der Waals surface area (Å²) in [6.07, 6.45) is -0.413. The van der Waals surface area contributed by atoms with Gasteiger partial charge in [-0.05, 0) is 45.7 Å². The van der Waals surface area contributed by atoms with Crippen molar-refractivity contribution < 1.29 is 40.4 Å². The van der Waals surface area contributed by atoms with Crippen molar-refractivity contribution in [1.82, 2.24) is 10.2 Å². The molecule has 0 aromatic heterocycles. The molecule has 1 aliphatic rings. The van der Waals surface area contributed by atoms with Gasteiger partial charge in [0.1, 0.15) is 24.4 Å². The fourth-order valence-corrected chi connectivity index (χ4v) is 3.96. The van der Waals surface area contributed by atoms with Gasteiger partial charge in [-0.1, -0.05) is 30.3 Å². The van der Waals surface area contributed by atoms with Gasteiger partial charge in [0, 0.05) is 6.54 Å². The smallest absolute Gasteiger partial charge is 0.408 e. The van der Waals surface area contributed by atoms with E-state index in [2.05, 4.69) is 9.50 Å². The minimum absolute atomic E-state index is 0.143. The van der Waals surface area contributed by atoms with Crippen LogP contribution in [0.5, 0.6) is 0 Å². The molecule has 0 spiro atoms. The maximum Gasteiger partial charge on any atom is 0.408 e. The second kappa shape index (κ2) is 11.0. The second-order valence-corrected chi connectivity index (χ2v) is 11.0. The molecule has 1 aliphatic heterocycles. The number of alkyl carbamates (subject to hydrolysis) is 1. The number of halogens is 2. The monoisotopic (exact) mass is 506 g/mol. The Labute approximate surface area is 198 Å². The van der Waals surface area contributed by atoms with Gasteiger partial charge < -0.3 is 14.8 Å². The summed E-state index contributed by atoms with van der Waals surface area (Å²) < 4.78 is 68.3. The highest BCUT2D eigenvalue weighted by atomic mass is 32.2. The molecule has 1 heterocycles. The number of alkyl halides is 2. The third kappa shape index (κ3) is 8.80. The number of benzene rings is 1. The SMILES string of the molecule is CC(C)(C)OC(=O)CN1CCCC(NC(=O)OCc2ccccc2)(C(F)(F)COS(C)(=O)=O)C1. The van der Waals surface area contributed by atoms with E-state index in [1.165, 1.54) is 4.90 Å². The van der Waals surface area contributed by atoms with Gasteiger partial charge in [0.15, 0.2) is 0 Å². The quantitative estimate of drug-likeness (QED) is 0.402. The Hall–Kier alpha value is -2.31. The van der Waals surface area contributed by atoms with Gasteiger partial charge in [0.25, 0.3) is 16.0 Å². The molecule has 0 bridgehead atoms. The summed E-state index contributed by atoms with van der Waals surface area (Å²) in [5.74, 6) is -4.40. The van der Waals surface area contributed by atoms with Crippen molar-refractivity contribution in [2.45, 2.75) is 57.3 Å². The van der Waals surface area contributed by atoms with Crippen molar-refractivity contribution in [1.29, 1.82) is 0 Å². The first-order valence-electron chi connectivity index (χ1n) is 10.8. The number of likely N-dealkylation sites (tertiary alicyclic amines) is 1. The Kier molecular flexibility index (Phi) is 9.00. The van der Waals surface area contributed by atoms with Crippen LogP contribution in [-0.2, 0) is 35.2 Å². The van der Waals surface area contributed by atoms with Crippen LogP contribution in [0, 0.1) is 0 Å². The molecule has 0 radical (unpaired) electrons. The van der Waals surface area contributed by atoms with Gasteiger partial charge in [-0.15, -0.1) is 0 Å². The number of nitrogens with zero attached hydrogens (tertiary/aromatic N) is 1. The number of nitrogens with one attached hydrogen (secondary N) is 1. The van der Waals surface area contributed by atoms with Crippen LogP contribution in [0.25, 0.3) is 0 Å². The van der Waals surface area contributed by atoms with E-state index in [9.17, 15) is 18.0 Å². The summed E-state index contributed by atoms with van der Waals surface area (Å²) in [6, 6.07) is 8.68. The summed E-state index contributed by atoms with van der Waals surface area (Å²) in [7, 11) is -4.16. The lowest BCUT2D eigenvalue weighted by Crippen LogP contribution is -2.69. The Morgan fingerprint density at radius 3 is 2.41 bits per heavy atom. The molecular formula is C22H32F2N2O7S. The average molecular weight is 507 g/mol. The highest BCUT2D eigenvalue weighted by Crippen LogP contribution is 2.37. The number of carbonyl (C=O) groups excluding carboxylic acids is 2. The summed E-state index contributed by atoms with van der Waals surface area (Å²) in [6.45, 7) is 3.05. The molecule has 1 unspecified atom stereocenters. The Bertz CT molecular complexity index is 952. The third-order valence-electron chi connectivity index (χ3n) is 5.05. The molecule has 0 saturated carbocycles.